The number of hydrogen-bond acceptors (Lipinski definition) is 1. The third kappa shape index (κ3) is 1.91. The number of halogens is 1. The van der Waals surface area contributed by atoms with Gasteiger partial charge in [-0.05, 0) is 48.2 Å². The van der Waals surface area contributed by atoms with Crippen LogP contribution in [-0.4, -0.2) is 15.6 Å². The number of fused-ring (bicyclic) bond motifs is 2. The SMILES string of the molecule is O=C(O)c1cc2cc(F)ccc2n1C1Cc2ccccc2C1. The minimum atomic E-state index is -0.979. The van der Waals surface area contributed by atoms with Gasteiger partial charge in [-0.3, -0.25) is 0 Å². The van der Waals surface area contributed by atoms with Crippen LogP contribution in [0.15, 0.2) is 48.5 Å². The van der Waals surface area contributed by atoms with Crippen LogP contribution in [0.5, 0.6) is 0 Å². The number of rotatable bonds is 2. The van der Waals surface area contributed by atoms with Crippen molar-refractivity contribution in [3.63, 3.8) is 0 Å². The predicted molar refractivity (Wildman–Crippen MR) is 81.7 cm³/mol. The van der Waals surface area contributed by atoms with Crippen molar-refractivity contribution < 1.29 is 14.3 Å². The monoisotopic (exact) mass is 295 g/mol. The number of aromatic nitrogens is 1. The van der Waals surface area contributed by atoms with Gasteiger partial charge in [0.1, 0.15) is 11.5 Å². The lowest BCUT2D eigenvalue weighted by Crippen LogP contribution is -2.15. The van der Waals surface area contributed by atoms with E-state index in [1.54, 1.807) is 12.1 Å². The molecule has 1 aliphatic carbocycles. The highest BCUT2D eigenvalue weighted by molar-refractivity contribution is 5.94. The van der Waals surface area contributed by atoms with Gasteiger partial charge in [-0.25, -0.2) is 9.18 Å². The van der Waals surface area contributed by atoms with E-state index >= 15 is 0 Å². The van der Waals surface area contributed by atoms with E-state index in [2.05, 4.69) is 12.1 Å². The molecular weight excluding hydrogens is 281 g/mol. The molecule has 1 N–H and O–H groups in total. The normalized spacial score (nSPS) is 14.4. The third-order valence-electron chi connectivity index (χ3n) is 4.41. The predicted octanol–water partition coefficient (Wildman–Crippen LogP) is 3.82. The lowest BCUT2D eigenvalue weighted by molar-refractivity contribution is 0.0683. The lowest BCUT2D eigenvalue weighted by Gasteiger charge is -2.16. The summed E-state index contributed by atoms with van der Waals surface area (Å²) in [4.78, 5) is 11.6. The Bertz CT molecular complexity index is 872. The summed E-state index contributed by atoms with van der Waals surface area (Å²) in [5, 5.41) is 10.1. The maximum Gasteiger partial charge on any atom is 0.352 e. The summed E-state index contributed by atoms with van der Waals surface area (Å²) in [6, 6.07) is 14.2. The summed E-state index contributed by atoms with van der Waals surface area (Å²) in [6.07, 6.45) is 1.61. The summed E-state index contributed by atoms with van der Waals surface area (Å²) in [6.45, 7) is 0. The fourth-order valence-electron chi connectivity index (χ4n) is 3.48. The number of nitrogens with zero attached hydrogens (tertiary/aromatic N) is 1. The average molecular weight is 295 g/mol. The minimum absolute atomic E-state index is 0.0615. The Labute approximate surface area is 126 Å². The summed E-state index contributed by atoms with van der Waals surface area (Å²) in [7, 11) is 0. The van der Waals surface area contributed by atoms with Crippen LogP contribution in [0.3, 0.4) is 0 Å². The molecule has 3 nitrogen and oxygen atoms in total. The highest BCUT2D eigenvalue weighted by Gasteiger charge is 2.27. The number of aromatic carboxylic acids is 1. The zero-order chi connectivity index (χ0) is 15.3. The number of carbonyl (C=O) groups is 1. The maximum atomic E-state index is 13.4. The Morgan fingerprint density at radius 3 is 2.41 bits per heavy atom. The van der Waals surface area contributed by atoms with Crippen LogP contribution < -0.4 is 0 Å². The molecule has 0 saturated carbocycles. The van der Waals surface area contributed by atoms with Crippen molar-refractivity contribution in [2.75, 3.05) is 0 Å². The Morgan fingerprint density at radius 1 is 1.09 bits per heavy atom. The zero-order valence-electron chi connectivity index (χ0n) is 11.8. The minimum Gasteiger partial charge on any atom is -0.477 e. The molecule has 0 aliphatic heterocycles. The van der Waals surface area contributed by atoms with Crippen LogP contribution in [0.25, 0.3) is 10.9 Å². The topological polar surface area (TPSA) is 42.2 Å². The van der Waals surface area contributed by atoms with Crippen molar-refractivity contribution in [1.82, 2.24) is 4.57 Å². The van der Waals surface area contributed by atoms with Gasteiger partial charge in [-0.2, -0.15) is 0 Å². The molecule has 0 spiro atoms. The molecule has 0 saturated heterocycles. The fourth-order valence-corrected chi connectivity index (χ4v) is 3.48. The van der Waals surface area contributed by atoms with Gasteiger partial charge in [-0.1, -0.05) is 24.3 Å². The molecule has 4 heteroatoms. The quantitative estimate of drug-likeness (QED) is 0.781. The fraction of sp³-hybridized carbons (Fsp3) is 0.167. The third-order valence-corrected chi connectivity index (χ3v) is 4.41. The van der Waals surface area contributed by atoms with Gasteiger partial charge in [0.05, 0.1) is 0 Å². The second kappa shape index (κ2) is 4.70. The number of carboxylic acid groups (broad SMARTS) is 1. The summed E-state index contributed by atoms with van der Waals surface area (Å²) in [5.74, 6) is -1.33. The first-order valence-electron chi connectivity index (χ1n) is 7.24. The Hall–Kier alpha value is -2.62. The van der Waals surface area contributed by atoms with E-state index in [9.17, 15) is 14.3 Å². The van der Waals surface area contributed by atoms with E-state index in [-0.39, 0.29) is 17.6 Å². The van der Waals surface area contributed by atoms with Gasteiger partial charge in [0.2, 0.25) is 0 Å². The van der Waals surface area contributed by atoms with Crippen LogP contribution in [0.2, 0.25) is 0 Å². The van der Waals surface area contributed by atoms with Gasteiger partial charge in [0, 0.05) is 16.9 Å². The molecule has 22 heavy (non-hydrogen) atoms. The van der Waals surface area contributed by atoms with E-state index in [0.717, 1.165) is 18.4 Å². The second-order valence-electron chi connectivity index (χ2n) is 5.74. The highest BCUT2D eigenvalue weighted by Crippen LogP contribution is 2.34. The van der Waals surface area contributed by atoms with Crippen LogP contribution in [0.1, 0.15) is 27.7 Å². The molecule has 0 fully saturated rings. The first kappa shape index (κ1) is 13.1. The molecule has 3 aromatic rings. The molecule has 4 rings (SSSR count). The van der Waals surface area contributed by atoms with Crippen molar-refractivity contribution in [3.05, 3.63) is 71.2 Å². The van der Waals surface area contributed by atoms with Crippen molar-refractivity contribution in [1.29, 1.82) is 0 Å². The van der Waals surface area contributed by atoms with Crippen molar-refractivity contribution in [3.8, 4) is 0 Å². The van der Waals surface area contributed by atoms with Crippen LogP contribution in [0, 0.1) is 5.82 Å². The van der Waals surface area contributed by atoms with E-state index in [1.165, 1.54) is 23.3 Å². The van der Waals surface area contributed by atoms with Crippen molar-refractivity contribution in [2.24, 2.45) is 0 Å². The van der Waals surface area contributed by atoms with Gasteiger partial charge in [0.25, 0.3) is 0 Å². The van der Waals surface area contributed by atoms with Crippen LogP contribution >= 0.6 is 0 Å². The molecule has 1 aromatic heterocycles. The molecular formula is C18H14FNO2. The molecule has 0 bridgehead atoms. The van der Waals surface area contributed by atoms with E-state index in [0.29, 0.717) is 5.39 Å². The van der Waals surface area contributed by atoms with Gasteiger partial charge < -0.3 is 9.67 Å². The van der Waals surface area contributed by atoms with E-state index in [4.69, 9.17) is 0 Å². The first-order valence-corrected chi connectivity index (χ1v) is 7.24. The molecule has 0 radical (unpaired) electrons. The van der Waals surface area contributed by atoms with Gasteiger partial charge >= 0.3 is 5.97 Å². The Kier molecular flexibility index (Phi) is 2.79. The zero-order valence-corrected chi connectivity index (χ0v) is 11.8. The van der Waals surface area contributed by atoms with Crippen LogP contribution in [-0.2, 0) is 12.8 Å². The number of hydrogen-bond donors (Lipinski definition) is 1. The number of carboxylic acids is 1. The largest absolute Gasteiger partial charge is 0.477 e. The highest BCUT2D eigenvalue weighted by atomic mass is 19.1. The standard InChI is InChI=1S/C18H14FNO2/c19-14-5-6-16-13(7-14)10-17(18(21)22)20(16)15-8-11-3-1-2-4-12(11)9-15/h1-7,10,15H,8-9H2,(H,21,22). The molecule has 0 amide bonds. The molecule has 2 aromatic carbocycles. The molecule has 110 valence electrons. The molecule has 1 aliphatic rings. The van der Waals surface area contributed by atoms with E-state index in [1.807, 2.05) is 16.7 Å². The van der Waals surface area contributed by atoms with Crippen LogP contribution in [0.4, 0.5) is 4.39 Å². The lowest BCUT2D eigenvalue weighted by atomic mass is 10.1. The summed E-state index contributed by atoms with van der Waals surface area (Å²) >= 11 is 0. The van der Waals surface area contributed by atoms with Gasteiger partial charge in [-0.15, -0.1) is 0 Å². The first-order chi connectivity index (χ1) is 10.6. The Balaban J connectivity index is 1.88. The van der Waals surface area contributed by atoms with Gasteiger partial charge in [0.15, 0.2) is 0 Å². The summed E-state index contributed by atoms with van der Waals surface area (Å²) in [5.41, 5.74) is 3.51. The summed E-state index contributed by atoms with van der Waals surface area (Å²) < 4.78 is 15.3. The maximum absolute atomic E-state index is 13.4. The molecule has 0 unspecified atom stereocenters. The number of benzene rings is 2. The average Bonchev–Trinajstić information content (AvgIpc) is 3.06. The van der Waals surface area contributed by atoms with Crippen molar-refractivity contribution in [2.45, 2.75) is 18.9 Å². The van der Waals surface area contributed by atoms with Crippen molar-refractivity contribution >= 4 is 16.9 Å². The Morgan fingerprint density at radius 2 is 1.77 bits per heavy atom. The molecule has 1 heterocycles. The smallest absolute Gasteiger partial charge is 0.352 e. The van der Waals surface area contributed by atoms with E-state index < -0.39 is 5.97 Å². The molecule has 0 atom stereocenters. The second-order valence-corrected chi connectivity index (χ2v) is 5.74.